The number of nitrogens with two attached hydrogens (primary N) is 1. The van der Waals surface area contributed by atoms with E-state index in [4.69, 9.17) is 10.2 Å². The molecule has 0 radical (unpaired) electrons. The fraction of sp³-hybridized carbons (Fsp3) is 0.375. The van der Waals surface area contributed by atoms with Crippen LogP contribution in [0.15, 0.2) is 36.4 Å². The Morgan fingerprint density at radius 2 is 1.53 bits per heavy atom. The summed E-state index contributed by atoms with van der Waals surface area (Å²) in [5.41, 5.74) is 6.86. The standard InChI is InChI=1S/C16H23NOSi/c1-16(2,3)19(4,5)18-15-11-13-9-7-6-8-12(13)10-14(15)17/h6-11H,17H2,1-5H3. The first-order chi connectivity index (χ1) is 8.71. The fourth-order valence-corrected chi connectivity index (χ4v) is 2.79. The van der Waals surface area contributed by atoms with E-state index in [2.05, 4.69) is 52.1 Å². The maximum absolute atomic E-state index is 6.32. The molecule has 2 aromatic rings. The van der Waals surface area contributed by atoms with E-state index in [9.17, 15) is 0 Å². The molecule has 0 atom stereocenters. The summed E-state index contributed by atoms with van der Waals surface area (Å²) in [6.45, 7) is 11.2. The van der Waals surface area contributed by atoms with E-state index < -0.39 is 8.32 Å². The number of anilines is 1. The number of hydrogen-bond donors (Lipinski definition) is 1. The first-order valence-corrected chi connectivity index (χ1v) is 9.59. The van der Waals surface area contributed by atoms with Gasteiger partial charge in [0.2, 0.25) is 0 Å². The lowest BCUT2D eigenvalue weighted by atomic mass is 10.1. The van der Waals surface area contributed by atoms with Crippen LogP contribution >= 0.6 is 0 Å². The summed E-state index contributed by atoms with van der Waals surface area (Å²) >= 11 is 0. The van der Waals surface area contributed by atoms with Crippen LogP contribution in [-0.4, -0.2) is 8.32 Å². The summed E-state index contributed by atoms with van der Waals surface area (Å²) in [7, 11) is -1.84. The van der Waals surface area contributed by atoms with Gasteiger partial charge in [0.25, 0.3) is 8.32 Å². The smallest absolute Gasteiger partial charge is 0.250 e. The highest BCUT2D eigenvalue weighted by Gasteiger charge is 2.39. The second kappa shape index (κ2) is 4.56. The third-order valence-corrected chi connectivity index (χ3v) is 8.39. The van der Waals surface area contributed by atoms with Gasteiger partial charge in [0.1, 0.15) is 5.75 Å². The van der Waals surface area contributed by atoms with Crippen LogP contribution in [0, 0.1) is 0 Å². The van der Waals surface area contributed by atoms with E-state index in [1.807, 2.05) is 18.2 Å². The van der Waals surface area contributed by atoms with Gasteiger partial charge in [-0.1, -0.05) is 45.0 Å². The van der Waals surface area contributed by atoms with Gasteiger partial charge in [-0.2, -0.15) is 0 Å². The molecule has 0 aromatic heterocycles. The molecule has 0 aliphatic carbocycles. The molecule has 0 amide bonds. The molecule has 19 heavy (non-hydrogen) atoms. The molecule has 0 aliphatic heterocycles. The van der Waals surface area contributed by atoms with Crippen molar-refractivity contribution in [1.29, 1.82) is 0 Å². The summed E-state index contributed by atoms with van der Waals surface area (Å²) < 4.78 is 6.32. The number of benzene rings is 2. The van der Waals surface area contributed by atoms with E-state index >= 15 is 0 Å². The van der Waals surface area contributed by atoms with Crippen molar-refractivity contribution in [1.82, 2.24) is 0 Å². The van der Waals surface area contributed by atoms with Crippen LogP contribution in [0.1, 0.15) is 20.8 Å². The SMILES string of the molecule is CC(C)(C)[Si](C)(C)Oc1cc2ccccc2cc1N. The zero-order chi connectivity index (χ0) is 14.3. The number of fused-ring (bicyclic) bond motifs is 1. The van der Waals surface area contributed by atoms with Crippen LogP contribution in [0.4, 0.5) is 5.69 Å². The molecule has 0 bridgehead atoms. The Balaban J connectivity index is 2.43. The Morgan fingerprint density at radius 3 is 2.05 bits per heavy atom. The van der Waals surface area contributed by atoms with E-state index in [-0.39, 0.29) is 5.04 Å². The highest BCUT2D eigenvalue weighted by atomic mass is 28.4. The Bertz CT molecular complexity index is 599. The monoisotopic (exact) mass is 273 g/mol. The van der Waals surface area contributed by atoms with Crippen LogP contribution in [0.2, 0.25) is 18.1 Å². The van der Waals surface area contributed by atoms with Crippen LogP contribution in [0.3, 0.4) is 0 Å². The molecule has 0 spiro atoms. The molecule has 0 unspecified atom stereocenters. The average Bonchev–Trinajstić information content (AvgIpc) is 2.28. The molecule has 0 heterocycles. The Kier molecular flexibility index (Phi) is 3.35. The first-order valence-electron chi connectivity index (χ1n) is 6.68. The van der Waals surface area contributed by atoms with Crippen molar-refractivity contribution in [2.75, 3.05) is 5.73 Å². The summed E-state index contributed by atoms with van der Waals surface area (Å²) in [5.74, 6) is 0.824. The topological polar surface area (TPSA) is 35.2 Å². The van der Waals surface area contributed by atoms with Crippen molar-refractivity contribution < 1.29 is 4.43 Å². The van der Waals surface area contributed by atoms with Crippen molar-refractivity contribution in [2.45, 2.75) is 38.9 Å². The summed E-state index contributed by atoms with van der Waals surface area (Å²) in [5, 5.41) is 2.50. The van der Waals surface area contributed by atoms with Crippen LogP contribution in [-0.2, 0) is 0 Å². The van der Waals surface area contributed by atoms with Gasteiger partial charge in [-0.3, -0.25) is 0 Å². The molecule has 0 saturated carbocycles. The van der Waals surface area contributed by atoms with Gasteiger partial charge in [0.05, 0.1) is 5.69 Å². The van der Waals surface area contributed by atoms with Crippen LogP contribution in [0.5, 0.6) is 5.75 Å². The quantitative estimate of drug-likeness (QED) is 0.629. The Morgan fingerprint density at radius 1 is 1.00 bits per heavy atom. The minimum Gasteiger partial charge on any atom is -0.542 e. The largest absolute Gasteiger partial charge is 0.542 e. The molecule has 0 saturated heterocycles. The van der Waals surface area contributed by atoms with E-state index in [0.717, 1.165) is 16.8 Å². The number of hydrogen-bond acceptors (Lipinski definition) is 2. The Hall–Kier alpha value is -1.48. The summed E-state index contributed by atoms with van der Waals surface area (Å²) in [6.07, 6.45) is 0. The molecular weight excluding hydrogens is 250 g/mol. The van der Waals surface area contributed by atoms with E-state index in [0.29, 0.717) is 0 Å². The highest BCUT2D eigenvalue weighted by Crippen LogP contribution is 2.39. The summed E-state index contributed by atoms with van der Waals surface area (Å²) in [6, 6.07) is 12.3. The zero-order valence-corrected chi connectivity index (χ0v) is 13.4. The summed E-state index contributed by atoms with van der Waals surface area (Å²) in [4.78, 5) is 0. The lowest BCUT2D eigenvalue weighted by Gasteiger charge is -2.36. The molecule has 0 fully saturated rings. The van der Waals surface area contributed by atoms with Gasteiger partial charge in [0.15, 0.2) is 0 Å². The van der Waals surface area contributed by atoms with E-state index in [1.54, 1.807) is 0 Å². The molecule has 3 heteroatoms. The van der Waals surface area contributed by atoms with Gasteiger partial charge >= 0.3 is 0 Å². The zero-order valence-electron chi connectivity index (χ0n) is 12.4. The molecule has 2 N–H and O–H groups in total. The van der Waals surface area contributed by atoms with Gasteiger partial charge in [0, 0.05) is 0 Å². The van der Waals surface area contributed by atoms with Gasteiger partial charge in [-0.05, 0) is 41.0 Å². The van der Waals surface area contributed by atoms with Gasteiger partial charge < -0.3 is 10.2 Å². The lowest BCUT2D eigenvalue weighted by molar-refractivity contribution is 0.494. The van der Waals surface area contributed by atoms with Crippen molar-refractivity contribution in [2.24, 2.45) is 0 Å². The molecule has 102 valence electrons. The van der Waals surface area contributed by atoms with Crippen LogP contribution in [0.25, 0.3) is 10.8 Å². The lowest BCUT2D eigenvalue weighted by Crippen LogP contribution is -2.44. The Labute approximate surface area is 116 Å². The minimum absolute atomic E-state index is 0.172. The number of rotatable bonds is 2. The maximum Gasteiger partial charge on any atom is 0.250 e. The number of nitrogen functional groups attached to an aromatic ring is 1. The first kappa shape index (κ1) is 13.9. The molecule has 2 nitrogen and oxygen atoms in total. The predicted molar refractivity (Wildman–Crippen MR) is 86.2 cm³/mol. The third-order valence-electron chi connectivity index (χ3n) is 4.05. The molecule has 0 aliphatic rings. The predicted octanol–water partition coefficient (Wildman–Crippen LogP) is 4.81. The third kappa shape index (κ3) is 2.76. The van der Waals surface area contributed by atoms with E-state index in [1.165, 1.54) is 5.39 Å². The maximum atomic E-state index is 6.32. The molecule has 2 rings (SSSR count). The second-order valence-electron chi connectivity index (χ2n) is 6.60. The van der Waals surface area contributed by atoms with Crippen molar-refractivity contribution in [3.8, 4) is 5.75 Å². The average molecular weight is 273 g/mol. The second-order valence-corrected chi connectivity index (χ2v) is 11.3. The van der Waals surface area contributed by atoms with Crippen molar-refractivity contribution in [3.05, 3.63) is 36.4 Å². The van der Waals surface area contributed by atoms with Gasteiger partial charge in [-0.25, -0.2) is 0 Å². The minimum atomic E-state index is -1.84. The molecule has 2 aromatic carbocycles. The fourth-order valence-electron chi connectivity index (χ4n) is 1.75. The highest BCUT2D eigenvalue weighted by molar-refractivity contribution is 6.74. The van der Waals surface area contributed by atoms with Crippen molar-refractivity contribution in [3.63, 3.8) is 0 Å². The normalized spacial score (nSPS) is 12.7. The van der Waals surface area contributed by atoms with Crippen molar-refractivity contribution >= 4 is 24.8 Å². The molecular formula is C16H23NOSi. The van der Waals surface area contributed by atoms with Gasteiger partial charge in [-0.15, -0.1) is 0 Å². The van der Waals surface area contributed by atoms with Crippen LogP contribution < -0.4 is 10.2 Å².